The van der Waals surface area contributed by atoms with Gasteiger partial charge >= 0.3 is 0 Å². The molecule has 3 unspecified atom stereocenters. The van der Waals surface area contributed by atoms with Gasteiger partial charge < -0.3 is 5.73 Å². The van der Waals surface area contributed by atoms with E-state index in [1.54, 1.807) is 0 Å². The van der Waals surface area contributed by atoms with Gasteiger partial charge in [-0.05, 0) is 56.0 Å². The summed E-state index contributed by atoms with van der Waals surface area (Å²) in [5.41, 5.74) is 7.96. The Morgan fingerprint density at radius 3 is 2.50 bits per heavy atom. The third-order valence-corrected chi connectivity index (χ3v) is 5.20. The first kappa shape index (κ1) is 14.1. The average Bonchev–Trinajstić information content (AvgIpc) is 3.30. The summed E-state index contributed by atoms with van der Waals surface area (Å²) in [6.07, 6.45) is 6.53. The Morgan fingerprint density at radius 1 is 1.10 bits per heavy atom. The topological polar surface area (TPSA) is 29.3 Å². The highest BCUT2D eigenvalue weighted by atomic mass is 15.2. The molecule has 0 bridgehead atoms. The number of likely N-dealkylation sites (N-methyl/N-ethyl adjacent to an activating group) is 1. The van der Waals surface area contributed by atoms with E-state index in [1.807, 2.05) is 0 Å². The molecule has 20 heavy (non-hydrogen) atoms. The molecule has 2 heteroatoms. The average molecular weight is 272 g/mol. The maximum atomic E-state index is 6.45. The molecule has 2 aliphatic carbocycles. The molecular weight excluding hydrogens is 244 g/mol. The maximum absolute atomic E-state index is 6.45. The van der Waals surface area contributed by atoms with Crippen LogP contribution in [-0.2, 0) is 0 Å². The van der Waals surface area contributed by atoms with Crippen LogP contribution in [0.25, 0.3) is 0 Å². The summed E-state index contributed by atoms with van der Waals surface area (Å²) in [6, 6.07) is 12.0. The molecule has 0 aromatic heterocycles. The van der Waals surface area contributed by atoms with E-state index in [2.05, 4.69) is 42.2 Å². The minimum Gasteiger partial charge on any atom is -0.326 e. The van der Waals surface area contributed by atoms with Crippen molar-refractivity contribution in [1.82, 2.24) is 4.90 Å². The highest BCUT2D eigenvalue weighted by Crippen LogP contribution is 2.37. The first-order valence-electron chi connectivity index (χ1n) is 8.32. The Labute approximate surface area is 123 Å². The second-order valence-electron chi connectivity index (χ2n) is 6.68. The van der Waals surface area contributed by atoms with Crippen LogP contribution in [0.2, 0.25) is 0 Å². The Morgan fingerprint density at radius 2 is 1.85 bits per heavy atom. The molecule has 0 heterocycles. The quantitative estimate of drug-likeness (QED) is 0.890. The molecule has 1 aromatic rings. The largest absolute Gasteiger partial charge is 0.326 e. The van der Waals surface area contributed by atoms with E-state index in [1.165, 1.54) is 44.2 Å². The van der Waals surface area contributed by atoms with E-state index < -0.39 is 0 Å². The number of nitrogens with two attached hydrogens (primary N) is 1. The van der Waals surface area contributed by atoms with E-state index >= 15 is 0 Å². The maximum Gasteiger partial charge on any atom is 0.0253 e. The highest BCUT2D eigenvalue weighted by molar-refractivity contribution is 5.21. The van der Waals surface area contributed by atoms with Crippen LogP contribution in [0.1, 0.15) is 50.5 Å². The molecule has 1 aromatic carbocycles. The molecule has 2 N–H and O–H groups in total. The zero-order valence-corrected chi connectivity index (χ0v) is 12.7. The second kappa shape index (κ2) is 6.28. The van der Waals surface area contributed by atoms with Crippen LogP contribution < -0.4 is 5.73 Å². The van der Waals surface area contributed by atoms with Crippen molar-refractivity contribution < 1.29 is 0 Å². The molecule has 0 aliphatic heterocycles. The fourth-order valence-corrected chi connectivity index (χ4v) is 3.75. The molecule has 110 valence electrons. The lowest BCUT2D eigenvalue weighted by molar-refractivity contribution is 0.129. The Balaban J connectivity index is 1.68. The third-order valence-electron chi connectivity index (χ3n) is 5.20. The fourth-order valence-electron chi connectivity index (χ4n) is 3.75. The molecule has 0 saturated heterocycles. The third kappa shape index (κ3) is 3.24. The Kier molecular flexibility index (Phi) is 4.42. The summed E-state index contributed by atoms with van der Waals surface area (Å²) in [6.45, 7) is 4.72. The van der Waals surface area contributed by atoms with Gasteiger partial charge in [0.2, 0.25) is 0 Å². The van der Waals surface area contributed by atoms with E-state index in [9.17, 15) is 0 Å². The zero-order valence-electron chi connectivity index (χ0n) is 12.7. The smallest absolute Gasteiger partial charge is 0.0253 e. The van der Waals surface area contributed by atoms with E-state index in [0.717, 1.165) is 12.5 Å². The van der Waals surface area contributed by atoms with Crippen molar-refractivity contribution in [3.63, 3.8) is 0 Å². The predicted octanol–water partition coefficient (Wildman–Crippen LogP) is 3.38. The molecule has 3 atom stereocenters. The van der Waals surface area contributed by atoms with E-state index in [0.29, 0.717) is 18.0 Å². The highest BCUT2D eigenvalue weighted by Gasteiger charge is 2.34. The first-order valence-corrected chi connectivity index (χ1v) is 8.32. The van der Waals surface area contributed by atoms with E-state index in [4.69, 9.17) is 5.73 Å². The van der Waals surface area contributed by atoms with Crippen LogP contribution in [0.15, 0.2) is 30.3 Å². The van der Waals surface area contributed by atoms with Crippen molar-refractivity contribution in [2.45, 2.75) is 57.0 Å². The number of hydrogen-bond donors (Lipinski definition) is 1. The van der Waals surface area contributed by atoms with Crippen LogP contribution in [0.3, 0.4) is 0 Å². The molecule has 2 nitrogen and oxygen atoms in total. The summed E-state index contributed by atoms with van der Waals surface area (Å²) in [5.74, 6) is 1.66. The number of hydrogen-bond acceptors (Lipinski definition) is 2. The SMILES string of the molecule is CCN(CC1CC1)C1CC(c2ccccc2)CCC1N. The Hall–Kier alpha value is -0.860. The first-order chi connectivity index (χ1) is 9.78. The number of rotatable bonds is 5. The molecule has 0 spiro atoms. The monoisotopic (exact) mass is 272 g/mol. The fraction of sp³-hybridized carbons (Fsp3) is 0.667. The molecular formula is C18H28N2. The molecule has 3 rings (SSSR count). The summed E-state index contributed by atoms with van der Waals surface area (Å²) in [5, 5.41) is 0. The lowest BCUT2D eigenvalue weighted by atomic mass is 9.78. The van der Waals surface area contributed by atoms with Gasteiger partial charge in [-0.3, -0.25) is 4.90 Å². The van der Waals surface area contributed by atoms with Crippen molar-refractivity contribution in [3.05, 3.63) is 35.9 Å². The lowest BCUT2D eigenvalue weighted by Crippen LogP contribution is -2.51. The van der Waals surface area contributed by atoms with Gasteiger partial charge in [0.15, 0.2) is 0 Å². The molecule has 2 aliphatic rings. The van der Waals surface area contributed by atoms with Crippen LogP contribution in [-0.4, -0.2) is 30.1 Å². The predicted molar refractivity (Wildman–Crippen MR) is 84.8 cm³/mol. The summed E-state index contributed by atoms with van der Waals surface area (Å²) < 4.78 is 0. The van der Waals surface area contributed by atoms with Crippen LogP contribution in [0.5, 0.6) is 0 Å². The summed E-state index contributed by atoms with van der Waals surface area (Å²) >= 11 is 0. The van der Waals surface area contributed by atoms with Gasteiger partial charge in [-0.15, -0.1) is 0 Å². The lowest BCUT2D eigenvalue weighted by Gasteiger charge is -2.41. The standard InChI is InChI=1S/C18H28N2/c1-2-20(13-14-8-9-14)18-12-16(10-11-17(18)19)15-6-4-3-5-7-15/h3-7,14,16-18H,2,8-13,19H2,1H3. The van der Waals surface area contributed by atoms with Crippen molar-refractivity contribution in [3.8, 4) is 0 Å². The summed E-state index contributed by atoms with van der Waals surface area (Å²) in [7, 11) is 0. The minimum absolute atomic E-state index is 0.369. The van der Waals surface area contributed by atoms with Crippen LogP contribution in [0, 0.1) is 5.92 Å². The van der Waals surface area contributed by atoms with Gasteiger partial charge in [-0.1, -0.05) is 37.3 Å². The van der Waals surface area contributed by atoms with Crippen molar-refractivity contribution in [2.24, 2.45) is 11.7 Å². The molecule has 2 saturated carbocycles. The molecule has 2 fully saturated rings. The molecule has 0 radical (unpaired) electrons. The van der Waals surface area contributed by atoms with Crippen molar-refractivity contribution in [1.29, 1.82) is 0 Å². The van der Waals surface area contributed by atoms with Gasteiger partial charge in [0.1, 0.15) is 0 Å². The summed E-state index contributed by atoms with van der Waals surface area (Å²) in [4.78, 5) is 2.66. The second-order valence-corrected chi connectivity index (χ2v) is 6.68. The Bertz CT molecular complexity index is 413. The normalized spacial score (nSPS) is 30.6. The van der Waals surface area contributed by atoms with Crippen LogP contribution in [0.4, 0.5) is 0 Å². The van der Waals surface area contributed by atoms with Crippen LogP contribution >= 0.6 is 0 Å². The van der Waals surface area contributed by atoms with Gasteiger partial charge in [0.05, 0.1) is 0 Å². The molecule has 0 amide bonds. The number of nitrogens with zero attached hydrogens (tertiary/aromatic N) is 1. The van der Waals surface area contributed by atoms with Crippen molar-refractivity contribution >= 4 is 0 Å². The minimum atomic E-state index is 0.369. The van der Waals surface area contributed by atoms with E-state index in [-0.39, 0.29) is 0 Å². The zero-order chi connectivity index (χ0) is 13.9. The van der Waals surface area contributed by atoms with Gasteiger partial charge in [0, 0.05) is 18.6 Å². The van der Waals surface area contributed by atoms with Gasteiger partial charge in [-0.25, -0.2) is 0 Å². The number of benzene rings is 1. The van der Waals surface area contributed by atoms with Gasteiger partial charge in [0.25, 0.3) is 0 Å². The van der Waals surface area contributed by atoms with Gasteiger partial charge in [-0.2, -0.15) is 0 Å². The van der Waals surface area contributed by atoms with Crippen molar-refractivity contribution in [2.75, 3.05) is 13.1 Å².